The Kier molecular flexibility index (Phi) is 1.73. The molecule has 2 aromatic rings. The van der Waals surface area contributed by atoms with Gasteiger partial charge in [0.2, 0.25) is 0 Å². The smallest absolute Gasteiger partial charge is 0.192 e. The van der Waals surface area contributed by atoms with Crippen LogP contribution in [0.5, 0.6) is 0 Å². The number of hydrogen-bond acceptors (Lipinski definition) is 3. The molecular formula is C9H8N2O2. The standard InChI is InChI=1S/C9H8N2O2/c1-6-4-9(13-11-6)7-5-10-3-2-8(7)12/h2-5H,1H3,(H,10,12). The van der Waals surface area contributed by atoms with Crippen molar-refractivity contribution in [2.45, 2.75) is 6.92 Å². The van der Waals surface area contributed by atoms with Crippen molar-refractivity contribution in [3.8, 4) is 11.3 Å². The van der Waals surface area contributed by atoms with Crippen LogP contribution in [-0.4, -0.2) is 10.1 Å². The first-order valence-corrected chi connectivity index (χ1v) is 3.88. The second-order valence-corrected chi connectivity index (χ2v) is 2.75. The monoisotopic (exact) mass is 176 g/mol. The molecule has 0 spiro atoms. The predicted octanol–water partition coefficient (Wildman–Crippen LogP) is 1.34. The molecule has 0 aliphatic heterocycles. The fourth-order valence-electron chi connectivity index (χ4n) is 1.10. The topological polar surface area (TPSA) is 58.9 Å². The van der Waals surface area contributed by atoms with Gasteiger partial charge in [-0.3, -0.25) is 4.79 Å². The van der Waals surface area contributed by atoms with E-state index in [1.165, 1.54) is 6.07 Å². The van der Waals surface area contributed by atoms with Gasteiger partial charge in [-0.15, -0.1) is 0 Å². The van der Waals surface area contributed by atoms with Gasteiger partial charge in [-0.1, -0.05) is 5.16 Å². The molecule has 0 aromatic carbocycles. The lowest BCUT2D eigenvalue weighted by Crippen LogP contribution is -2.01. The van der Waals surface area contributed by atoms with E-state index < -0.39 is 0 Å². The minimum Gasteiger partial charge on any atom is -0.367 e. The largest absolute Gasteiger partial charge is 0.367 e. The Hall–Kier alpha value is -1.84. The highest BCUT2D eigenvalue weighted by Gasteiger charge is 2.06. The van der Waals surface area contributed by atoms with Crippen molar-refractivity contribution in [1.29, 1.82) is 0 Å². The van der Waals surface area contributed by atoms with Gasteiger partial charge >= 0.3 is 0 Å². The molecule has 0 radical (unpaired) electrons. The van der Waals surface area contributed by atoms with Crippen molar-refractivity contribution in [3.05, 3.63) is 40.4 Å². The molecule has 2 heterocycles. The summed E-state index contributed by atoms with van der Waals surface area (Å²) in [7, 11) is 0. The third kappa shape index (κ3) is 1.38. The van der Waals surface area contributed by atoms with E-state index in [0.29, 0.717) is 11.3 Å². The molecule has 0 saturated heterocycles. The van der Waals surface area contributed by atoms with E-state index in [1.807, 2.05) is 6.92 Å². The molecular weight excluding hydrogens is 168 g/mol. The van der Waals surface area contributed by atoms with Crippen molar-refractivity contribution < 1.29 is 4.52 Å². The fraction of sp³-hybridized carbons (Fsp3) is 0.111. The number of rotatable bonds is 1. The minimum absolute atomic E-state index is 0.0742. The molecule has 0 unspecified atom stereocenters. The average molecular weight is 176 g/mol. The molecule has 0 saturated carbocycles. The summed E-state index contributed by atoms with van der Waals surface area (Å²) < 4.78 is 4.96. The van der Waals surface area contributed by atoms with Crippen LogP contribution in [0.2, 0.25) is 0 Å². The van der Waals surface area contributed by atoms with Gasteiger partial charge in [0.1, 0.15) is 0 Å². The minimum atomic E-state index is -0.0742. The first kappa shape index (κ1) is 7.79. The van der Waals surface area contributed by atoms with Crippen LogP contribution in [0.3, 0.4) is 0 Å². The van der Waals surface area contributed by atoms with Gasteiger partial charge in [-0.2, -0.15) is 0 Å². The van der Waals surface area contributed by atoms with Gasteiger partial charge in [0.15, 0.2) is 11.2 Å². The normalized spacial score (nSPS) is 10.2. The molecule has 4 nitrogen and oxygen atoms in total. The predicted molar refractivity (Wildman–Crippen MR) is 47.3 cm³/mol. The van der Waals surface area contributed by atoms with Crippen LogP contribution in [0.25, 0.3) is 11.3 Å². The lowest BCUT2D eigenvalue weighted by molar-refractivity contribution is 0.426. The van der Waals surface area contributed by atoms with Crippen molar-refractivity contribution in [1.82, 2.24) is 10.1 Å². The molecule has 0 aliphatic carbocycles. The number of pyridine rings is 1. The summed E-state index contributed by atoms with van der Waals surface area (Å²) in [5, 5.41) is 3.71. The van der Waals surface area contributed by atoms with Gasteiger partial charge in [0.25, 0.3) is 0 Å². The average Bonchev–Trinajstić information content (AvgIpc) is 2.53. The molecule has 2 aromatic heterocycles. The summed E-state index contributed by atoms with van der Waals surface area (Å²) in [6.45, 7) is 1.81. The maximum Gasteiger partial charge on any atom is 0.192 e. The third-order valence-corrected chi connectivity index (χ3v) is 1.72. The van der Waals surface area contributed by atoms with E-state index in [9.17, 15) is 4.79 Å². The SMILES string of the molecule is Cc1cc(-c2c[nH]ccc2=O)on1. The Labute approximate surface area is 74.2 Å². The van der Waals surface area contributed by atoms with Crippen molar-refractivity contribution in [2.75, 3.05) is 0 Å². The van der Waals surface area contributed by atoms with E-state index >= 15 is 0 Å². The van der Waals surface area contributed by atoms with Crippen LogP contribution >= 0.6 is 0 Å². The maximum absolute atomic E-state index is 11.3. The number of H-pyrrole nitrogens is 1. The van der Waals surface area contributed by atoms with E-state index in [0.717, 1.165) is 5.69 Å². The number of aromatic amines is 1. The number of nitrogens with one attached hydrogen (secondary N) is 1. The summed E-state index contributed by atoms with van der Waals surface area (Å²) in [4.78, 5) is 14.1. The zero-order valence-corrected chi connectivity index (χ0v) is 7.07. The maximum atomic E-state index is 11.3. The first-order chi connectivity index (χ1) is 6.27. The van der Waals surface area contributed by atoms with Crippen LogP contribution in [0.4, 0.5) is 0 Å². The highest BCUT2D eigenvalue weighted by molar-refractivity contribution is 5.55. The quantitative estimate of drug-likeness (QED) is 0.713. The Morgan fingerprint density at radius 2 is 2.38 bits per heavy atom. The summed E-state index contributed by atoms with van der Waals surface area (Å²) in [6.07, 6.45) is 3.18. The van der Waals surface area contributed by atoms with Crippen LogP contribution in [0.1, 0.15) is 5.69 Å². The second-order valence-electron chi connectivity index (χ2n) is 2.75. The fourth-order valence-corrected chi connectivity index (χ4v) is 1.10. The summed E-state index contributed by atoms with van der Waals surface area (Å²) >= 11 is 0. The van der Waals surface area contributed by atoms with Crippen LogP contribution in [0, 0.1) is 6.92 Å². The van der Waals surface area contributed by atoms with Gasteiger partial charge < -0.3 is 9.51 Å². The number of nitrogens with zero attached hydrogens (tertiary/aromatic N) is 1. The van der Waals surface area contributed by atoms with Gasteiger partial charge in [0.05, 0.1) is 11.3 Å². The Balaban J connectivity index is 2.59. The Morgan fingerprint density at radius 1 is 1.54 bits per heavy atom. The molecule has 4 heteroatoms. The van der Waals surface area contributed by atoms with Gasteiger partial charge in [-0.05, 0) is 6.92 Å². The van der Waals surface area contributed by atoms with Crippen molar-refractivity contribution in [2.24, 2.45) is 0 Å². The molecule has 1 N–H and O–H groups in total. The molecule has 0 atom stereocenters. The van der Waals surface area contributed by atoms with Crippen LogP contribution in [-0.2, 0) is 0 Å². The molecule has 66 valence electrons. The third-order valence-electron chi connectivity index (χ3n) is 1.72. The Bertz CT molecular complexity index is 470. The zero-order valence-electron chi connectivity index (χ0n) is 7.07. The molecule has 0 bridgehead atoms. The molecule has 2 rings (SSSR count). The second kappa shape index (κ2) is 2.90. The first-order valence-electron chi connectivity index (χ1n) is 3.88. The molecule has 0 amide bonds. The van der Waals surface area contributed by atoms with E-state index in [2.05, 4.69) is 10.1 Å². The van der Waals surface area contributed by atoms with E-state index in [1.54, 1.807) is 18.5 Å². The van der Waals surface area contributed by atoms with E-state index in [-0.39, 0.29) is 5.43 Å². The highest BCUT2D eigenvalue weighted by Crippen LogP contribution is 2.14. The van der Waals surface area contributed by atoms with Crippen LogP contribution < -0.4 is 5.43 Å². The molecule has 0 fully saturated rings. The Morgan fingerprint density at radius 3 is 3.00 bits per heavy atom. The molecule has 0 aliphatic rings. The van der Waals surface area contributed by atoms with Gasteiger partial charge in [-0.25, -0.2) is 0 Å². The lowest BCUT2D eigenvalue weighted by atomic mass is 10.2. The number of aryl methyl sites for hydroxylation is 1. The lowest BCUT2D eigenvalue weighted by Gasteiger charge is -1.90. The van der Waals surface area contributed by atoms with E-state index in [4.69, 9.17) is 4.52 Å². The summed E-state index contributed by atoms with van der Waals surface area (Å²) in [5.41, 5.74) is 1.19. The summed E-state index contributed by atoms with van der Waals surface area (Å²) in [5.74, 6) is 0.499. The zero-order chi connectivity index (χ0) is 9.26. The number of hydrogen-bond donors (Lipinski definition) is 1. The number of aromatic nitrogens is 2. The highest BCUT2D eigenvalue weighted by atomic mass is 16.5. The van der Waals surface area contributed by atoms with Crippen molar-refractivity contribution in [3.63, 3.8) is 0 Å². The molecule has 13 heavy (non-hydrogen) atoms. The van der Waals surface area contributed by atoms with Crippen molar-refractivity contribution >= 4 is 0 Å². The van der Waals surface area contributed by atoms with Gasteiger partial charge in [0, 0.05) is 24.5 Å². The van der Waals surface area contributed by atoms with Crippen LogP contribution in [0.15, 0.2) is 33.8 Å². The summed E-state index contributed by atoms with van der Waals surface area (Å²) in [6, 6.07) is 3.18.